The van der Waals surface area contributed by atoms with Crippen LogP contribution in [0.2, 0.25) is 0 Å². The smallest absolute Gasteiger partial charge is 0.308 e. The van der Waals surface area contributed by atoms with Crippen molar-refractivity contribution in [1.29, 1.82) is 0 Å². The van der Waals surface area contributed by atoms with Crippen LogP contribution in [-0.4, -0.2) is 24.7 Å². The summed E-state index contributed by atoms with van der Waals surface area (Å²) in [6, 6.07) is 8.09. The van der Waals surface area contributed by atoms with Crippen LogP contribution in [0, 0.1) is 12.8 Å². The number of nitrogens with zero attached hydrogens (tertiary/aromatic N) is 1. The first-order valence-electron chi connectivity index (χ1n) is 5.55. The summed E-state index contributed by atoms with van der Waals surface area (Å²) in [4.78, 5) is 12.9. The molecule has 0 heterocycles. The van der Waals surface area contributed by atoms with Gasteiger partial charge in [0.25, 0.3) is 0 Å². The molecule has 3 nitrogen and oxygen atoms in total. The maximum atomic E-state index is 10.9. The van der Waals surface area contributed by atoms with Crippen molar-refractivity contribution in [2.24, 2.45) is 5.92 Å². The van der Waals surface area contributed by atoms with Crippen molar-refractivity contribution in [2.45, 2.75) is 20.3 Å². The average Bonchev–Trinajstić information content (AvgIpc) is 2.25. The Hall–Kier alpha value is -1.51. The molecule has 0 aliphatic carbocycles. The van der Waals surface area contributed by atoms with Crippen molar-refractivity contribution in [1.82, 2.24) is 0 Å². The summed E-state index contributed by atoms with van der Waals surface area (Å²) < 4.78 is 0. The lowest BCUT2D eigenvalue weighted by Gasteiger charge is -2.23. The number of aliphatic carboxylic acids is 1. The summed E-state index contributed by atoms with van der Waals surface area (Å²) in [5.41, 5.74) is 2.26. The highest BCUT2D eigenvalue weighted by Crippen LogP contribution is 2.16. The molecule has 0 saturated heterocycles. The van der Waals surface area contributed by atoms with Gasteiger partial charge in [-0.2, -0.15) is 0 Å². The molecule has 1 aromatic carbocycles. The first kappa shape index (κ1) is 12.6. The first-order chi connectivity index (χ1) is 7.54. The van der Waals surface area contributed by atoms with E-state index in [9.17, 15) is 4.79 Å². The van der Waals surface area contributed by atoms with Gasteiger partial charge in [0, 0.05) is 19.3 Å². The Labute approximate surface area is 96.7 Å². The van der Waals surface area contributed by atoms with Crippen LogP contribution in [-0.2, 0) is 4.79 Å². The van der Waals surface area contributed by atoms with Gasteiger partial charge >= 0.3 is 5.97 Å². The van der Waals surface area contributed by atoms with E-state index in [1.54, 1.807) is 0 Å². The van der Waals surface area contributed by atoms with Gasteiger partial charge in [-0.25, -0.2) is 0 Å². The second kappa shape index (κ2) is 5.54. The maximum absolute atomic E-state index is 10.9. The van der Waals surface area contributed by atoms with Crippen LogP contribution in [0.5, 0.6) is 0 Å². The Bertz CT molecular complexity index is 363. The molecule has 0 amide bonds. The minimum atomic E-state index is -0.720. The number of carbonyl (C=O) groups is 1. The maximum Gasteiger partial charge on any atom is 0.308 e. The molecule has 0 saturated carbocycles. The predicted octanol–water partition coefficient (Wildman–Crippen LogP) is 2.54. The molecular weight excluding hydrogens is 202 g/mol. The molecule has 0 fully saturated rings. The van der Waals surface area contributed by atoms with Crippen LogP contribution in [0.4, 0.5) is 5.69 Å². The first-order valence-corrected chi connectivity index (χ1v) is 5.55. The highest BCUT2D eigenvalue weighted by atomic mass is 16.4. The predicted molar refractivity (Wildman–Crippen MR) is 65.9 cm³/mol. The van der Waals surface area contributed by atoms with Gasteiger partial charge in [0.2, 0.25) is 0 Å². The molecule has 0 radical (unpaired) electrons. The van der Waals surface area contributed by atoms with Crippen molar-refractivity contribution < 1.29 is 9.90 Å². The SMILES string of the molecule is CCC(CN(C)c1cccc(C)c1)C(=O)O. The number of hydrogen-bond acceptors (Lipinski definition) is 2. The zero-order valence-corrected chi connectivity index (χ0v) is 10.1. The Balaban J connectivity index is 2.71. The van der Waals surface area contributed by atoms with E-state index < -0.39 is 5.97 Å². The monoisotopic (exact) mass is 221 g/mol. The lowest BCUT2D eigenvalue weighted by Crippen LogP contribution is -2.29. The number of aryl methyl sites for hydroxylation is 1. The molecule has 16 heavy (non-hydrogen) atoms. The number of benzene rings is 1. The van der Waals surface area contributed by atoms with E-state index in [4.69, 9.17) is 5.11 Å². The second-order valence-corrected chi connectivity index (χ2v) is 4.16. The van der Waals surface area contributed by atoms with Gasteiger partial charge in [0.1, 0.15) is 0 Å². The highest BCUT2D eigenvalue weighted by Gasteiger charge is 2.17. The van der Waals surface area contributed by atoms with Gasteiger partial charge in [-0.3, -0.25) is 4.79 Å². The molecule has 1 atom stereocenters. The topological polar surface area (TPSA) is 40.5 Å². The van der Waals surface area contributed by atoms with Crippen LogP contribution >= 0.6 is 0 Å². The van der Waals surface area contributed by atoms with Crippen LogP contribution in [0.1, 0.15) is 18.9 Å². The molecule has 0 spiro atoms. The van der Waals surface area contributed by atoms with Crippen molar-refractivity contribution in [2.75, 3.05) is 18.5 Å². The molecule has 1 unspecified atom stereocenters. The molecule has 0 aliphatic heterocycles. The fourth-order valence-electron chi connectivity index (χ4n) is 1.68. The van der Waals surface area contributed by atoms with E-state index in [2.05, 4.69) is 6.07 Å². The molecule has 88 valence electrons. The van der Waals surface area contributed by atoms with Crippen LogP contribution in [0.25, 0.3) is 0 Å². The molecule has 0 bridgehead atoms. The minimum absolute atomic E-state index is 0.300. The van der Waals surface area contributed by atoms with Gasteiger partial charge < -0.3 is 10.0 Å². The Morgan fingerprint density at radius 2 is 2.19 bits per heavy atom. The highest BCUT2D eigenvalue weighted by molar-refractivity contribution is 5.71. The van der Waals surface area contributed by atoms with E-state index in [-0.39, 0.29) is 5.92 Å². The Morgan fingerprint density at radius 1 is 1.50 bits per heavy atom. The van der Waals surface area contributed by atoms with Crippen molar-refractivity contribution >= 4 is 11.7 Å². The van der Waals surface area contributed by atoms with E-state index in [0.29, 0.717) is 13.0 Å². The molecule has 1 N–H and O–H groups in total. The van der Waals surface area contributed by atoms with Gasteiger partial charge in [-0.15, -0.1) is 0 Å². The number of hydrogen-bond donors (Lipinski definition) is 1. The van der Waals surface area contributed by atoms with Crippen molar-refractivity contribution in [3.8, 4) is 0 Å². The van der Waals surface area contributed by atoms with Gasteiger partial charge in [0.15, 0.2) is 0 Å². The third kappa shape index (κ3) is 3.26. The van der Waals surface area contributed by atoms with Crippen LogP contribution < -0.4 is 4.90 Å². The van der Waals surface area contributed by atoms with Gasteiger partial charge in [-0.1, -0.05) is 19.1 Å². The lowest BCUT2D eigenvalue weighted by atomic mass is 10.1. The van der Waals surface area contributed by atoms with Crippen molar-refractivity contribution in [3.05, 3.63) is 29.8 Å². The molecular formula is C13H19NO2. The lowest BCUT2D eigenvalue weighted by molar-refractivity contribution is -0.141. The molecule has 1 aromatic rings. The fourth-order valence-corrected chi connectivity index (χ4v) is 1.68. The summed E-state index contributed by atoms with van der Waals surface area (Å²) in [7, 11) is 1.93. The third-order valence-corrected chi connectivity index (χ3v) is 2.78. The van der Waals surface area contributed by atoms with Gasteiger partial charge in [-0.05, 0) is 31.0 Å². The summed E-state index contributed by atoms with van der Waals surface area (Å²) >= 11 is 0. The van der Waals surface area contributed by atoms with E-state index in [1.165, 1.54) is 5.56 Å². The summed E-state index contributed by atoms with van der Waals surface area (Å²) in [5, 5.41) is 9.00. The summed E-state index contributed by atoms with van der Waals surface area (Å²) in [5.74, 6) is -1.02. The standard InChI is InChI=1S/C13H19NO2/c1-4-11(13(15)16)9-14(3)12-7-5-6-10(2)8-12/h5-8,11H,4,9H2,1-3H3,(H,15,16). The fraction of sp³-hybridized carbons (Fsp3) is 0.462. The molecule has 0 aromatic heterocycles. The normalized spacial score (nSPS) is 12.2. The average molecular weight is 221 g/mol. The Kier molecular flexibility index (Phi) is 4.35. The minimum Gasteiger partial charge on any atom is -0.481 e. The number of carboxylic acids is 1. The van der Waals surface area contributed by atoms with Crippen LogP contribution in [0.15, 0.2) is 24.3 Å². The summed E-state index contributed by atoms with van der Waals surface area (Å²) in [6.07, 6.45) is 0.658. The molecule has 1 rings (SSSR count). The van der Waals surface area contributed by atoms with E-state index in [1.807, 2.05) is 44.0 Å². The van der Waals surface area contributed by atoms with Gasteiger partial charge in [0.05, 0.1) is 5.92 Å². The number of anilines is 1. The quantitative estimate of drug-likeness (QED) is 0.830. The summed E-state index contributed by atoms with van der Waals surface area (Å²) in [6.45, 7) is 4.49. The van der Waals surface area contributed by atoms with Crippen molar-refractivity contribution in [3.63, 3.8) is 0 Å². The van der Waals surface area contributed by atoms with E-state index in [0.717, 1.165) is 5.69 Å². The third-order valence-electron chi connectivity index (χ3n) is 2.78. The Morgan fingerprint density at radius 3 is 2.69 bits per heavy atom. The number of carboxylic acid groups (broad SMARTS) is 1. The zero-order valence-electron chi connectivity index (χ0n) is 10.1. The van der Waals surface area contributed by atoms with Crippen LogP contribution in [0.3, 0.4) is 0 Å². The largest absolute Gasteiger partial charge is 0.481 e. The second-order valence-electron chi connectivity index (χ2n) is 4.16. The van der Waals surface area contributed by atoms with E-state index >= 15 is 0 Å². The molecule has 3 heteroatoms. The number of rotatable bonds is 5. The zero-order chi connectivity index (χ0) is 12.1. The molecule has 0 aliphatic rings.